The van der Waals surface area contributed by atoms with E-state index >= 15 is 0 Å². The van der Waals surface area contributed by atoms with Gasteiger partial charge in [0.2, 0.25) is 0 Å². The highest BCUT2D eigenvalue weighted by molar-refractivity contribution is 5.90. The monoisotopic (exact) mass is 261 g/mol. The first-order valence-electron chi connectivity index (χ1n) is 6.27. The molecule has 0 aliphatic rings. The predicted octanol–water partition coefficient (Wildman–Crippen LogP) is 2.55. The minimum absolute atomic E-state index is 0.701. The lowest BCUT2D eigenvalue weighted by molar-refractivity contribution is 0.849. The molecule has 0 bridgehead atoms. The van der Waals surface area contributed by atoms with E-state index in [4.69, 9.17) is 5.73 Å². The lowest BCUT2D eigenvalue weighted by Gasteiger charge is -2.06. The first-order valence-corrected chi connectivity index (χ1v) is 6.27. The third-order valence-electron chi connectivity index (χ3n) is 3.35. The van der Waals surface area contributed by atoms with Crippen molar-refractivity contribution in [1.29, 1.82) is 0 Å². The molecule has 0 fully saturated rings. The smallest absolute Gasteiger partial charge is 0.184 e. The van der Waals surface area contributed by atoms with E-state index in [1.54, 1.807) is 17.1 Å². The van der Waals surface area contributed by atoms with Gasteiger partial charge in [0.05, 0.1) is 17.9 Å². The van der Waals surface area contributed by atoms with Crippen LogP contribution in [-0.2, 0) is 0 Å². The molecule has 0 spiro atoms. The van der Waals surface area contributed by atoms with Crippen molar-refractivity contribution >= 4 is 27.4 Å². The fraction of sp³-hybridized carbons (Fsp3) is 0. The van der Waals surface area contributed by atoms with Gasteiger partial charge in [0, 0.05) is 21.8 Å². The van der Waals surface area contributed by atoms with Gasteiger partial charge < -0.3 is 5.73 Å². The van der Waals surface area contributed by atoms with E-state index in [0.717, 1.165) is 21.7 Å². The summed E-state index contributed by atoms with van der Waals surface area (Å²) in [6, 6.07) is 13.7. The minimum atomic E-state index is 0.701. The Labute approximate surface area is 114 Å². The average molecular weight is 261 g/mol. The SMILES string of the molecule is Nc1ccc2cnn(-c3nncc4ccccc34)c2c1. The Balaban J connectivity index is 2.09. The molecule has 5 heteroatoms. The highest BCUT2D eigenvalue weighted by Crippen LogP contribution is 2.24. The van der Waals surface area contributed by atoms with Crippen LogP contribution >= 0.6 is 0 Å². The standard InChI is InChI=1S/C15H11N5/c16-12-6-5-11-9-18-20(14(11)7-12)15-13-4-2-1-3-10(13)8-17-19-15/h1-9H,16H2. The normalized spacial score (nSPS) is 11.2. The van der Waals surface area contributed by atoms with Gasteiger partial charge >= 0.3 is 0 Å². The Bertz CT molecular complexity index is 921. The van der Waals surface area contributed by atoms with Gasteiger partial charge in [-0.1, -0.05) is 24.3 Å². The molecule has 0 aliphatic heterocycles. The Hall–Kier alpha value is -2.95. The zero-order chi connectivity index (χ0) is 13.5. The molecule has 2 aromatic heterocycles. The average Bonchev–Trinajstić information content (AvgIpc) is 2.89. The van der Waals surface area contributed by atoms with Crippen LogP contribution in [0.1, 0.15) is 0 Å². The molecule has 0 unspecified atom stereocenters. The molecule has 0 amide bonds. The number of nitrogen functional groups attached to an aromatic ring is 1. The van der Waals surface area contributed by atoms with Crippen LogP contribution in [0.4, 0.5) is 5.69 Å². The van der Waals surface area contributed by atoms with Crippen molar-refractivity contribution in [3.8, 4) is 5.82 Å². The quantitative estimate of drug-likeness (QED) is 0.534. The zero-order valence-corrected chi connectivity index (χ0v) is 10.6. The number of hydrogen-bond donors (Lipinski definition) is 1. The molecule has 2 N–H and O–H groups in total. The van der Waals surface area contributed by atoms with E-state index in [1.807, 2.05) is 42.5 Å². The van der Waals surface area contributed by atoms with Gasteiger partial charge in [-0.2, -0.15) is 10.2 Å². The Morgan fingerprint density at radius 1 is 0.950 bits per heavy atom. The molecule has 0 saturated heterocycles. The number of benzene rings is 2. The summed E-state index contributed by atoms with van der Waals surface area (Å²) in [5.41, 5.74) is 7.49. The molecule has 0 saturated carbocycles. The number of hydrogen-bond acceptors (Lipinski definition) is 4. The van der Waals surface area contributed by atoms with E-state index in [-0.39, 0.29) is 0 Å². The van der Waals surface area contributed by atoms with Crippen molar-refractivity contribution in [1.82, 2.24) is 20.0 Å². The summed E-state index contributed by atoms with van der Waals surface area (Å²) in [4.78, 5) is 0. The van der Waals surface area contributed by atoms with Gasteiger partial charge in [-0.3, -0.25) is 0 Å². The highest BCUT2D eigenvalue weighted by atomic mass is 15.3. The second kappa shape index (κ2) is 4.03. The maximum atomic E-state index is 5.87. The molecule has 0 atom stereocenters. The second-order valence-electron chi connectivity index (χ2n) is 4.63. The first-order chi connectivity index (χ1) is 9.83. The summed E-state index contributed by atoms with van der Waals surface area (Å²) in [7, 11) is 0. The molecule has 5 nitrogen and oxygen atoms in total. The predicted molar refractivity (Wildman–Crippen MR) is 78.6 cm³/mol. The van der Waals surface area contributed by atoms with E-state index in [1.165, 1.54) is 0 Å². The van der Waals surface area contributed by atoms with Crippen LogP contribution in [0.5, 0.6) is 0 Å². The lowest BCUT2D eigenvalue weighted by Crippen LogP contribution is -2.02. The van der Waals surface area contributed by atoms with Crippen LogP contribution in [-0.4, -0.2) is 20.0 Å². The molecule has 2 heterocycles. The fourth-order valence-electron chi connectivity index (χ4n) is 2.37. The number of nitrogens with zero attached hydrogens (tertiary/aromatic N) is 4. The summed E-state index contributed by atoms with van der Waals surface area (Å²) in [6.45, 7) is 0. The molecule has 0 aliphatic carbocycles. The van der Waals surface area contributed by atoms with E-state index < -0.39 is 0 Å². The largest absolute Gasteiger partial charge is 0.399 e. The van der Waals surface area contributed by atoms with Crippen LogP contribution in [0, 0.1) is 0 Å². The molecule has 20 heavy (non-hydrogen) atoms. The minimum Gasteiger partial charge on any atom is -0.399 e. The number of nitrogens with two attached hydrogens (primary N) is 1. The van der Waals surface area contributed by atoms with Gasteiger partial charge in [-0.15, -0.1) is 5.10 Å². The second-order valence-corrected chi connectivity index (χ2v) is 4.63. The number of fused-ring (bicyclic) bond motifs is 2. The van der Waals surface area contributed by atoms with Crippen LogP contribution in [0.25, 0.3) is 27.5 Å². The van der Waals surface area contributed by atoms with Crippen molar-refractivity contribution < 1.29 is 0 Å². The van der Waals surface area contributed by atoms with Crippen molar-refractivity contribution in [2.45, 2.75) is 0 Å². The van der Waals surface area contributed by atoms with Crippen LogP contribution in [0.2, 0.25) is 0 Å². The Morgan fingerprint density at radius 3 is 2.80 bits per heavy atom. The maximum absolute atomic E-state index is 5.87. The van der Waals surface area contributed by atoms with E-state index in [2.05, 4.69) is 15.3 Å². The van der Waals surface area contributed by atoms with Crippen LogP contribution in [0.3, 0.4) is 0 Å². The van der Waals surface area contributed by atoms with Crippen LogP contribution in [0.15, 0.2) is 54.9 Å². The van der Waals surface area contributed by atoms with Crippen molar-refractivity contribution in [3.05, 3.63) is 54.9 Å². The molecule has 4 rings (SSSR count). The van der Waals surface area contributed by atoms with Crippen LogP contribution < -0.4 is 5.73 Å². The van der Waals surface area contributed by atoms with Crippen molar-refractivity contribution in [2.75, 3.05) is 5.73 Å². The summed E-state index contributed by atoms with van der Waals surface area (Å²) in [6.07, 6.45) is 3.55. The summed E-state index contributed by atoms with van der Waals surface area (Å²) in [5.74, 6) is 0.712. The molecular weight excluding hydrogens is 250 g/mol. The van der Waals surface area contributed by atoms with Gasteiger partial charge in [-0.25, -0.2) is 4.68 Å². The molecule has 0 radical (unpaired) electrons. The highest BCUT2D eigenvalue weighted by Gasteiger charge is 2.10. The summed E-state index contributed by atoms with van der Waals surface area (Å²) in [5, 5.41) is 15.8. The summed E-state index contributed by atoms with van der Waals surface area (Å²) < 4.78 is 1.78. The maximum Gasteiger partial charge on any atom is 0.184 e. The molecule has 96 valence electrons. The summed E-state index contributed by atoms with van der Waals surface area (Å²) >= 11 is 0. The number of aromatic nitrogens is 4. The molecular formula is C15H11N5. The van der Waals surface area contributed by atoms with Crippen molar-refractivity contribution in [2.24, 2.45) is 0 Å². The Kier molecular flexibility index (Phi) is 2.20. The van der Waals surface area contributed by atoms with Gasteiger partial charge in [0.25, 0.3) is 0 Å². The first kappa shape index (κ1) is 10.9. The third kappa shape index (κ3) is 1.53. The number of rotatable bonds is 1. The topological polar surface area (TPSA) is 69.6 Å². The molecule has 4 aromatic rings. The molecule has 2 aromatic carbocycles. The zero-order valence-electron chi connectivity index (χ0n) is 10.6. The van der Waals surface area contributed by atoms with E-state index in [0.29, 0.717) is 11.5 Å². The number of anilines is 1. The van der Waals surface area contributed by atoms with Gasteiger partial charge in [-0.05, 0) is 18.2 Å². The fourth-order valence-corrected chi connectivity index (χ4v) is 2.37. The third-order valence-corrected chi connectivity index (χ3v) is 3.35. The Morgan fingerprint density at radius 2 is 1.85 bits per heavy atom. The lowest BCUT2D eigenvalue weighted by atomic mass is 10.2. The van der Waals surface area contributed by atoms with Crippen molar-refractivity contribution in [3.63, 3.8) is 0 Å². The van der Waals surface area contributed by atoms with E-state index in [9.17, 15) is 0 Å². The van der Waals surface area contributed by atoms with Gasteiger partial charge in [0.1, 0.15) is 0 Å². The van der Waals surface area contributed by atoms with Gasteiger partial charge in [0.15, 0.2) is 5.82 Å².